The molecule has 1 fully saturated rings. The molecule has 0 radical (unpaired) electrons. The van der Waals surface area contributed by atoms with Gasteiger partial charge in [0.1, 0.15) is 0 Å². The van der Waals surface area contributed by atoms with Crippen molar-refractivity contribution < 1.29 is 0 Å². The molecule has 8 rings (SSSR count). The molecule has 0 spiro atoms. The van der Waals surface area contributed by atoms with Crippen LogP contribution in [0.25, 0.3) is 68.6 Å². The van der Waals surface area contributed by atoms with Crippen LogP contribution in [0.4, 0.5) is 0 Å². The number of nitrogens with zero attached hydrogens (tertiary/aromatic N) is 3. The van der Waals surface area contributed by atoms with Gasteiger partial charge in [0, 0.05) is 49.8 Å². The number of aromatic nitrogens is 4. The van der Waals surface area contributed by atoms with Gasteiger partial charge < -0.3 is 20.2 Å². The first-order valence-electron chi connectivity index (χ1n) is 15.7. The van der Waals surface area contributed by atoms with Crippen molar-refractivity contribution in [3.63, 3.8) is 0 Å². The highest BCUT2D eigenvalue weighted by Crippen LogP contribution is 2.44. The Bertz CT molecular complexity index is 2070. The lowest BCUT2D eigenvalue weighted by molar-refractivity contribution is 0.162. The molecule has 3 aromatic heterocycles. The highest BCUT2D eigenvalue weighted by Gasteiger charge is 2.49. The molecule has 7 heteroatoms. The fraction of sp³-hybridized carbons (Fsp3) is 0.179. The Morgan fingerprint density at radius 3 is 1.50 bits per heavy atom. The van der Waals surface area contributed by atoms with Gasteiger partial charge in [-0.1, -0.05) is 60.7 Å². The van der Waals surface area contributed by atoms with E-state index in [9.17, 15) is 5.21 Å². The van der Waals surface area contributed by atoms with E-state index >= 15 is 0 Å². The van der Waals surface area contributed by atoms with Crippen LogP contribution in [-0.2, 0) is 0 Å². The zero-order valence-electron chi connectivity index (χ0n) is 26.3. The van der Waals surface area contributed by atoms with E-state index in [2.05, 4.69) is 83.7 Å². The van der Waals surface area contributed by atoms with Crippen molar-refractivity contribution in [3.05, 3.63) is 125 Å². The van der Waals surface area contributed by atoms with Crippen LogP contribution in [0.15, 0.2) is 91.0 Å². The molecule has 228 valence electrons. The number of H-pyrrole nitrogens is 2. The Kier molecular flexibility index (Phi) is 6.48. The topological polar surface area (TPSA) is 95.7 Å². The Morgan fingerprint density at radius 2 is 1.07 bits per heavy atom. The van der Waals surface area contributed by atoms with Crippen LogP contribution < -0.4 is 5.32 Å². The summed E-state index contributed by atoms with van der Waals surface area (Å²) in [5.74, 6) is 0. The van der Waals surface area contributed by atoms with Gasteiger partial charge in [-0.2, -0.15) is 0 Å². The SMILES string of the molecule is CC1(C)NC(c2c3nc(c(-c4ccccc4)c4ccc(cc5ccc([nH]5)c(-c5ccccc5)c5nc2C=C5)[nH]4)C=C3)N([O-])C1(C)C. The summed E-state index contributed by atoms with van der Waals surface area (Å²) in [5.41, 5.74) is 10.6. The Balaban J connectivity index is 1.52. The molecule has 3 aliphatic heterocycles. The molecule has 3 N–H and O–H groups in total. The van der Waals surface area contributed by atoms with E-state index in [0.717, 1.165) is 61.3 Å². The van der Waals surface area contributed by atoms with Crippen LogP contribution in [0.5, 0.6) is 0 Å². The second-order valence-electron chi connectivity index (χ2n) is 13.2. The molecule has 8 bridgehead atoms. The van der Waals surface area contributed by atoms with E-state index in [1.807, 2.05) is 74.5 Å². The Morgan fingerprint density at radius 1 is 0.609 bits per heavy atom. The smallest absolute Gasteiger partial charge is 0.0798 e. The summed E-state index contributed by atoms with van der Waals surface area (Å²) in [5, 5.41) is 18.9. The van der Waals surface area contributed by atoms with E-state index < -0.39 is 17.2 Å². The van der Waals surface area contributed by atoms with E-state index in [4.69, 9.17) is 9.97 Å². The van der Waals surface area contributed by atoms with E-state index in [1.165, 1.54) is 5.06 Å². The maximum atomic E-state index is 14.1. The molecule has 0 saturated carbocycles. The van der Waals surface area contributed by atoms with Gasteiger partial charge in [0.15, 0.2) is 0 Å². The summed E-state index contributed by atoms with van der Waals surface area (Å²) in [6.45, 7) is 8.13. The number of hydrogen-bond acceptors (Lipinski definition) is 5. The number of aromatic amines is 2. The average molecular weight is 604 g/mol. The van der Waals surface area contributed by atoms with Crippen LogP contribution in [-0.4, -0.2) is 36.1 Å². The minimum Gasteiger partial charge on any atom is -0.783 e. The van der Waals surface area contributed by atoms with E-state index in [-0.39, 0.29) is 0 Å². The molecule has 0 aliphatic carbocycles. The number of hydroxylamine groups is 2. The first-order valence-corrected chi connectivity index (χ1v) is 15.7. The van der Waals surface area contributed by atoms with Crippen molar-refractivity contribution in [2.75, 3.05) is 0 Å². The van der Waals surface area contributed by atoms with Crippen LogP contribution in [0.3, 0.4) is 0 Å². The highest BCUT2D eigenvalue weighted by molar-refractivity contribution is 5.93. The van der Waals surface area contributed by atoms with Crippen LogP contribution in [0, 0.1) is 5.21 Å². The summed E-state index contributed by atoms with van der Waals surface area (Å²) in [6, 6.07) is 31.1. The van der Waals surface area contributed by atoms with Crippen molar-refractivity contribution in [3.8, 4) is 22.3 Å². The molecule has 5 aromatic rings. The number of rotatable bonds is 3. The normalized spacial score (nSPS) is 18.3. The third-order valence-corrected chi connectivity index (χ3v) is 9.82. The molecule has 1 unspecified atom stereocenters. The minimum atomic E-state index is -0.675. The summed E-state index contributed by atoms with van der Waals surface area (Å²) in [6.07, 6.45) is 7.47. The first-order chi connectivity index (χ1) is 22.2. The fourth-order valence-electron chi connectivity index (χ4n) is 6.62. The zero-order chi connectivity index (χ0) is 31.6. The third kappa shape index (κ3) is 4.55. The van der Waals surface area contributed by atoms with Gasteiger partial charge in [-0.3, -0.25) is 5.32 Å². The van der Waals surface area contributed by atoms with Crippen LogP contribution in [0.1, 0.15) is 62.2 Å². The number of hydrogen-bond donors (Lipinski definition) is 3. The summed E-state index contributed by atoms with van der Waals surface area (Å²) >= 11 is 0. The number of nitrogens with one attached hydrogen (secondary N) is 3. The lowest BCUT2D eigenvalue weighted by Crippen LogP contribution is -2.51. The predicted molar refractivity (Wildman–Crippen MR) is 189 cm³/mol. The second-order valence-corrected chi connectivity index (χ2v) is 13.2. The summed E-state index contributed by atoms with van der Waals surface area (Å²) in [7, 11) is 0. The van der Waals surface area contributed by atoms with Gasteiger partial charge in [0.05, 0.1) is 28.9 Å². The first kappa shape index (κ1) is 28.4. The molecular formula is C39H35N6O-. The number of benzene rings is 2. The average Bonchev–Trinajstić information content (AvgIpc) is 3.89. The highest BCUT2D eigenvalue weighted by atomic mass is 16.5. The zero-order valence-corrected chi connectivity index (χ0v) is 26.3. The molecule has 46 heavy (non-hydrogen) atoms. The van der Waals surface area contributed by atoms with Crippen molar-refractivity contribution in [1.82, 2.24) is 30.3 Å². The predicted octanol–water partition coefficient (Wildman–Crippen LogP) is 8.95. The second kappa shape index (κ2) is 10.5. The molecule has 3 aliphatic rings. The van der Waals surface area contributed by atoms with E-state index in [1.54, 1.807) is 0 Å². The maximum Gasteiger partial charge on any atom is 0.0798 e. The molecule has 1 saturated heterocycles. The largest absolute Gasteiger partial charge is 0.783 e. The van der Waals surface area contributed by atoms with Crippen molar-refractivity contribution in [2.24, 2.45) is 0 Å². The van der Waals surface area contributed by atoms with E-state index in [0.29, 0.717) is 11.4 Å². The van der Waals surface area contributed by atoms with Gasteiger partial charge >= 0.3 is 0 Å². The molecule has 6 heterocycles. The maximum absolute atomic E-state index is 14.1. The summed E-state index contributed by atoms with van der Waals surface area (Å²) in [4.78, 5) is 17.8. The lowest BCUT2D eigenvalue weighted by Gasteiger charge is -2.45. The van der Waals surface area contributed by atoms with Gasteiger partial charge in [-0.15, -0.1) is 0 Å². The standard InChI is InChI=1S/C39H35N6O/c1-38(2)39(3,4)45(46)37(44-38)36-32-21-19-30(42-32)34(24-11-7-5-8-12-24)28-17-15-26(40-28)23-27-16-18-29(41-27)35(25-13-9-6-10-14-25)31-20-22-33(36)43-31/h5-23,37,40-41,44H,1-4H3/q-1. The summed E-state index contributed by atoms with van der Waals surface area (Å²) < 4.78 is 0. The third-order valence-electron chi connectivity index (χ3n) is 9.82. The van der Waals surface area contributed by atoms with Gasteiger partial charge in [-0.25, -0.2) is 9.97 Å². The monoisotopic (exact) mass is 603 g/mol. The molecule has 7 nitrogen and oxygen atoms in total. The van der Waals surface area contributed by atoms with Crippen LogP contribution >= 0.6 is 0 Å². The number of fused-ring (bicyclic) bond motifs is 8. The van der Waals surface area contributed by atoms with Crippen molar-refractivity contribution in [1.29, 1.82) is 0 Å². The van der Waals surface area contributed by atoms with Crippen molar-refractivity contribution >= 4 is 46.4 Å². The Labute approximate surface area is 268 Å². The van der Waals surface area contributed by atoms with Gasteiger partial charge in [-0.05, 0) is 93.5 Å². The lowest BCUT2D eigenvalue weighted by atomic mass is 9.84. The fourth-order valence-corrected chi connectivity index (χ4v) is 6.62. The molecular weight excluding hydrogens is 568 g/mol. The van der Waals surface area contributed by atoms with Crippen LogP contribution in [0.2, 0.25) is 0 Å². The molecule has 1 atom stereocenters. The molecule has 0 amide bonds. The van der Waals surface area contributed by atoms with Gasteiger partial charge in [0.2, 0.25) is 0 Å². The van der Waals surface area contributed by atoms with Crippen molar-refractivity contribution in [2.45, 2.75) is 44.9 Å². The minimum absolute atomic E-state index is 0.465. The van der Waals surface area contributed by atoms with Gasteiger partial charge in [0.25, 0.3) is 0 Å². The molecule has 2 aromatic carbocycles. The Hall–Kier alpha value is -5.08. The quantitative estimate of drug-likeness (QED) is 0.187.